The highest BCUT2D eigenvalue weighted by Crippen LogP contribution is 2.35. The van der Waals surface area contributed by atoms with Crippen molar-refractivity contribution in [3.63, 3.8) is 0 Å². The highest BCUT2D eigenvalue weighted by atomic mass is 35.5. The van der Waals surface area contributed by atoms with E-state index >= 15 is 0 Å². The largest absolute Gasteiger partial charge is 0.573 e. The predicted molar refractivity (Wildman–Crippen MR) is 105 cm³/mol. The second-order valence-electron chi connectivity index (χ2n) is 6.09. The second kappa shape index (κ2) is 10.6. The van der Waals surface area contributed by atoms with Crippen molar-refractivity contribution in [2.45, 2.75) is 12.4 Å². The van der Waals surface area contributed by atoms with Crippen LogP contribution in [0, 0.1) is 11.6 Å². The first kappa shape index (κ1) is 25.7. The zero-order valence-electron chi connectivity index (χ0n) is 14.8. The summed E-state index contributed by atoms with van der Waals surface area (Å²) >= 11 is 5.71. The van der Waals surface area contributed by atoms with Crippen molar-refractivity contribution in [2.75, 3.05) is 26.2 Å². The summed E-state index contributed by atoms with van der Waals surface area (Å²) in [5.74, 6) is -2.01. The lowest BCUT2D eigenvalue weighted by molar-refractivity contribution is -0.274. The van der Waals surface area contributed by atoms with E-state index in [9.17, 15) is 22.0 Å². The molecule has 0 saturated carbocycles. The van der Waals surface area contributed by atoms with E-state index in [0.717, 1.165) is 24.3 Å². The van der Waals surface area contributed by atoms with E-state index in [1.165, 1.54) is 12.1 Å². The summed E-state index contributed by atoms with van der Waals surface area (Å²) in [7, 11) is 0. The molecule has 1 atom stereocenters. The van der Waals surface area contributed by atoms with Gasteiger partial charge in [0.05, 0.1) is 6.04 Å². The molecular weight excluding hydrogens is 462 g/mol. The topological polar surface area (TPSA) is 24.5 Å². The van der Waals surface area contributed by atoms with Crippen LogP contribution in [0.3, 0.4) is 0 Å². The maximum Gasteiger partial charge on any atom is 0.573 e. The molecule has 0 aliphatic carbocycles. The van der Waals surface area contributed by atoms with Gasteiger partial charge in [-0.2, -0.15) is 0 Å². The van der Waals surface area contributed by atoms with E-state index in [1.54, 1.807) is 0 Å². The van der Waals surface area contributed by atoms with Gasteiger partial charge in [0.25, 0.3) is 0 Å². The van der Waals surface area contributed by atoms with Crippen molar-refractivity contribution in [1.82, 2.24) is 10.2 Å². The number of benzene rings is 2. The zero-order chi connectivity index (χ0) is 19.6. The van der Waals surface area contributed by atoms with Gasteiger partial charge in [0.15, 0.2) is 0 Å². The monoisotopic (exact) mass is 478 g/mol. The summed E-state index contributed by atoms with van der Waals surface area (Å²) in [4.78, 5) is 1.87. The van der Waals surface area contributed by atoms with Gasteiger partial charge in [-0.3, -0.25) is 4.90 Å². The Morgan fingerprint density at radius 3 is 1.97 bits per heavy atom. The number of rotatable bonds is 4. The summed E-state index contributed by atoms with van der Waals surface area (Å²) in [5, 5.41) is 3.08. The van der Waals surface area contributed by atoms with Crippen LogP contribution in [0.25, 0.3) is 0 Å². The van der Waals surface area contributed by atoms with Crippen molar-refractivity contribution in [3.8, 4) is 5.75 Å². The van der Waals surface area contributed by atoms with Crippen LogP contribution in [-0.2, 0) is 0 Å². The molecule has 1 aliphatic rings. The number of nitrogens with zero attached hydrogens (tertiary/aromatic N) is 1. The van der Waals surface area contributed by atoms with Crippen LogP contribution in [-0.4, -0.2) is 37.4 Å². The van der Waals surface area contributed by atoms with E-state index in [0.29, 0.717) is 31.7 Å². The van der Waals surface area contributed by atoms with Crippen LogP contribution < -0.4 is 10.1 Å². The fraction of sp³-hybridized carbons (Fsp3) is 0.333. The number of hydrogen-bond acceptors (Lipinski definition) is 3. The molecule has 1 heterocycles. The molecule has 1 N–H and O–H groups in total. The molecule has 0 bridgehead atoms. The number of halogens is 8. The standard InChI is InChI=1S/C18H16ClF5N2O.2ClH/c19-12-9-14(20)16(15(21)10-12)17(26-7-5-25-6-8-26)11-1-3-13(4-2-11)27-18(22,23)24;;/h1-4,9-10,17,25H,5-8H2;2*1H/t17-;;/m0../s1. The molecular formula is C18H18Cl3F5N2O. The number of alkyl halides is 3. The van der Waals surface area contributed by atoms with Crippen LogP contribution in [0.1, 0.15) is 17.2 Å². The van der Waals surface area contributed by atoms with E-state index < -0.39 is 29.8 Å². The molecule has 11 heteroatoms. The maximum atomic E-state index is 14.6. The first-order chi connectivity index (χ1) is 12.7. The van der Waals surface area contributed by atoms with Crippen molar-refractivity contribution < 1.29 is 26.7 Å². The summed E-state index contributed by atoms with van der Waals surface area (Å²) in [6, 6.07) is 6.26. The molecule has 0 radical (unpaired) electrons. The molecule has 0 aromatic heterocycles. The van der Waals surface area contributed by atoms with Gasteiger partial charge in [-0.1, -0.05) is 23.7 Å². The zero-order valence-corrected chi connectivity index (χ0v) is 17.2. The average molecular weight is 480 g/mol. The third-order valence-electron chi connectivity index (χ3n) is 4.26. The molecule has 2 aromatic rings. The van der Waals surface area contributed by atoms with Gasteiger partial charge in [0, 0.05) is 36.8 Å². The molecule has 2 aromatic carbocycles. The van der Waals surface area contributed by atoms with Crippen LogP contribution in [0.15, 0.2) is 36.4 Å². The Hall–Kier alpha value is -1.32. The molecule has 0 unspecified atom stereocenters. The van der Waals surface area contributed by atoms with Gasteiger partial charge in [-0.15, -0.1) is 38.0 Å². The van der Waals surface area contributed by atoms with Gasteiger partial charge in [0.1, 0.15) is 17.4 Å². The van der Waals surface area contributed by atoms with Crippen molar-refractivity contribution in [3.05, 3.63) is 64.2 Å². The van der Waals surface area contributed by atoms with E-state index in [1.807, 2.05) is 4.90 Å². The van der Waals surface area contributed by atoms with Crippen molar-refractivity contribution >= 4 is 36.4 Å². The van der Waals surface area contributed by atoms with Crippen molar-refractivity contribution in [1.29, 1.82) is 0 Å². The lowest BCUT2D eigenvalue weighted by atomic mass is 9.95. The van der Waals surface area contributed by atoms with E-state index in [2.05, 4.69) is 10.1 Å². The lowest BCUT2D eigenvalue weighted by Crippen LogP contribution is -2.45. The Balaban J connectivity index is 0.00000210. The number of piperazine rings is 1. The summed E-state index contributed by atoms with van der Waals surface area (Å²) < 4.78 is 70.0. The minimum atomic E-state index is -4.81. The van der Waals surface area contributed by atoms with Crippen LogP contribution in [0.2, 0.25) is 5.02 Å². The van der Waals surface area contributed by atoms with Gasteiger partial charge in [-0.25, -0.2) is 8.78 Å². The Kier molecular flexibility index (Phi) is 9.43. The third kappa shape index (κ3) is 6.58. The quantitative estimate of drug-likeness (QED) is 0.598. The Labute approximate surface area is 182 Å². The lowest BCUT2D eigenvalue weighted by Gasteiger charge is -2.36. The van der Waals surface area contributed by atoms with Crippen LogP contribution in [0.4, 0.5) is 22.0 Å². The molecule has 1 fully saturated rings. The number of hydrogen-bond donors (Lipinski definition) is 1. The minimum absolute atomic E-state index is 0. The molecule has 3 rings (SSSR count). The maximum absolute atomic E-state index is 14.6. The highest BCUT2D eigenvalue weighted by Gasteiger charge is 2.32. The fourth-order valence-electron chi connectivity index (χ4n) is 3.17. The smallest absolute Gasteiger partial charge is 0.406 e. The Morgan fingerprint density at radius 2 is 1.48 bits per heavy atom. The van der Waals surface area contributed by atoms with Gasteiger partial charge in [0.2, 0.25) is 0 Å². The number of nitrogens with one attached hydrogen (secondary N) is 1. The average Bonchev–Trinajstić information content (AvgIpc) is 2.58. The molecule has 0 amide bonds. The van der Waals surface area contributed by atoms with E-state index in [4.69, 9.17) is 11.6 Å². The van der Waals surface area contributed by atoms with Crippen LogP contribution >= 0.6 is 36.4 Å². The molecule has 3 nitrogen and oxygen atoms in total. The Morgan fingerprint density at radius 1 is 0.966 bits per heavy atom. The second-order valence-corrected chi connectivity index (χ2v) is 6.52. The van der Waals surface area contributed by atoms with Crippen molar-refractivity contribution in [2.24, 2.45) is 0 Å². The van der Waals surface area contributed by atoms with Gasteiger partial charge < -0.3 is 10.1 Å². The summed E-state index contributed by atoms with van der Waals surface area (Å²) in [6.45, 7) is 2.30. The molecule has 29 heavy (non-hydrogen) atoms. The van der Waals surface area contributed by atoms with Crippen LogP contribution in [0.5, 0.6) is 5.75 Å². The molecule has 1 aliphatic heterocycles. The first-order valence-corrected chi connectivity index (χ1v) is 8.57. The van der Waals surface area contributed by atoms with E-state index in [-0.39, 0.29) is 35.4 Å². The normalized spacial score (nSPS) is 15.8. The summed E-state index contributed by atoms with van der Waals surface area (Å²) in [5.41, 5.74) is 0.261. The fourth-order valence-corrected chi connectivity index (χ4v) is 3.36. The molecule has 0 spiro atoms. The summed E-state index contributed by atoms with van der Waals surface area (Å²) in [6.07, 6.45) is -4.81. The molecule has 162 valence electrons. The van der Waals surface area contributed by atoms with Gasteiger partial charge >= 0.3 is 6.36 Å². The Bertz CT molecular complexity index is 776. The third-order valence-corrected chi connectivity index (χ3v) is 4.48. The molecule has 1 saturated heterocycles. The predicted octanol–water partition coefficient (Wildman–Crippen LogP) is 5.36. The SMILES string of the molecule is Cl.Cl.Fc1cc(Cl)cc(F)c1[C@H](c1ccc(OC(F)(F)F)cc1)N1CCNCC1. The highest BCUT2D eigenvalue weighted by molar-refractivity contribution is 6.30. The minimum Gasteiger partial charge on any atom is -0.406 e. The number of ether oxygens (including phenoxy) is 1. The van der Waals surface area contributed by atoms with Gasteiger partial charge in [-0.05, 0) is 29.8 Å². The first-order valence-electron chi connectivity index (χ1n) is 8.19.